The Morgan fingerprint density at radius 1 is 1.35 bits per heavy atom. The predicted molar refractivity (Wildman–Crippen MR) is 79.8 cm³/mol. The number of halogens is 1. The summed E-state index contributed by atoms with van der Waals surface area (Å²) in [6.07, 6.45) is 2.72. The fourth-order valence-electron chi connectivity index (χ4n) is 2.65. The first-order valence-corrected chi connectivity index (χ1v) is 8.67. The molecule has 0 aliphatic carbocycles. The van der Waals surface area contributed by atoms with Crippen LogP contribution in [0.1, 0.15) is 12.8 Å². The summed E-state index contributed by atoms with van der Waals surface area (Å²) < 4.78 is 46.6. The Labute approximate surface area is 133 Å². The second kappa shape index (κ2) is 6.25. The van der Waals surface area contributed by atoms with E-state index in [0.29, 0.717) is 18.7 Å². The lowest BCUT2D eigenvalue weighted by Crippen LogP contribution is -2.39. The van der Waals surface area contributed by atoms with Crippen molar-refractivity contribution in [1.82, 2.24) is 19.3 Å². The van der Waals surface area contributed by atoms with E-state index < -0.39 is 10.0 Å². The van der Waals surface area contributed by atoms with Gasteiger partial charge in [-0.2, -0.15) is 4.31 Å². The monoisotopic (exact) mass is 340 g/mol. The molecule has 1 unspecified atom stereocenters. The average Bonchev–Trinajstić information content (AvgIpc) is 3.16. The molecule has 1 aromatic carbocycles. The van der Waals surface area contributed by atoms with E-state index >= 15 is 0 Å². The standard InChI is InChI=1S/C14H17FN4O3S/c1-18-14(9-16-17-18)23(20,21)19-8-2-3-12(19)10-22-13-6-4-11(15)5-7-13/h4-7,9,12H,2-3,8,10H2,1H3. The number of aromatic nitrogens is 3. The second-order valence-electron chi connectivity index (χ2n) is 5.37. The number of benzene rings is 1. The second-order valence-corrected chi connectivity index (χ2v) is 7.21. The molecule has 1 aliphatic rings. The molecule has 1 saturated heterocycles. The summed E-state index contributed by atoms with van der Waals surface area (Å²) >= 11 is 0. The highest BCUT2D eigenvalue weighted by atomic mass is 32.2. The molecule has 1 aliphatic heterocycles. The molecular weight excluding hydrogens is 323 g/mol. The van der Waals surface area contributed by atoms with Gasteiger partial charge in [0.15, 0.2) is 5.03 Å². The molecule has 1 aromatic heterocycles. The van der Waals surface area contributed by atoms with Crippen LogP contribution in [0.25, 0.3) is 0 Å². The maximum Gasteiger partial charge on any atom is 0.262 e. The van der Waals surface area contributed by atoms with Gasteiger partial charge in [-0.1, -0.05) is 5.21 Å². The quantitative estimate of drug-likeness (QED) is 0.817. The van der Waals surface area contributed by atoms with Crippen molar-refractivity contribution >= 4 is 10.0 Å². The van der Waals surface area contributed by atoms with Gasteiger partial charge in [0.25, 0.3) is 10.0 Å². The van der Waals surface area contributed by atoms with Crippen LogP contribution in [0.4, 0.5) is 4.39 Å². The molecule has 3 rings (SSSR count). The molecule has 0 bridgehead atoms. The summed E-state index contributed by atoms with van der Waals surface area (Å²) in [6.45, 7) is 0.654. The zero-order chi connectivity index (χ0) is 16.4. The van der Waals surface area contributed by atoms with Gasteiger partial charge in [0, 0.05) is 13.6 Å². The van der Waals surface area contributed by atoms with Gasteiger partial charge < -0.3 is 4.74 Å². The van der Waals surface area contributed by atoms with Crippen molar-refractivity contribution in [2.24, 2.45) is 7.05 Å². The first kappa shape index (κ1) is 15.9. The fraction of sp³-hybridized carbons (Fsp3) is 0.429. The van der Waals surface area contributed by atoms with Crippen molar-refractivity contribution < 1.29 is 17.5 Å². The minimum atomic E-state index is -3.66. The molecule has 0 amide bonds. The predicted octanol–water partition coefficient (Wildman–Crippen LogP) is 1.19. The van der Waals surface area contributed by atoms with Gasteiger partial charge in [-0.15, -0.1) is 5.10 Å². The summed E-state index contributed by atoms with van der Waals surface area (Å²) in [4.78, 5) is 0. The number of aryl methyl sites for hydroxylation is 1. The van der Waals surface area contributed by atoms with Gasteiger partial charge in [-0.05, 0) is 37.1 Å². The van der Waals surface area contributed by atoms with Crippen molar-refractivity contribution in [3.8, 4) is 5.75 Å². The molecule has 0 radical (unpaired) electrons. The van der Waals surface area contributed by atoms with Crippen LogP contribution >= 0.6 is 0 Å². The zero-order valence-corrected chi connectivity index (χ0v) is 13.4. The maximum absolute atomic E-state index is 12.9. The molecule has 1 fully saturated rings. The van der Waals surface area contributed by atoms with E-state index in [0.717, 1.165) is 6.42 Å². The summed E-state index contributed by atoms with van der Waals surface area (Å²) in [5.41, 5.74) is 0. The highest BCUT2D eigenvalue weighted by molar-refractivity contribution is 7.89. The van der Waals surface area contributed by atoms with Gasteiger partial charge in [0.1, 0.15) is 18.2 Å². The van der Waals surface area contributed by atoms with Crippen LogP contribution < -0.4 is 4.74 Å². The van der Waals surface area contributed by atoms with E-state index in [4.69, 9.17) is 4.74 Å². The number of sulfonamides is 1. The Morgan fingerprint density at radius 3 is 2.74 bits per heavy atom. The Balaban J connectivity index is 1.73. The van der Waals surface area contributed by atoms with Crippen LogP contribution in [0.5, 0.6) is 5.75 Å². The molecule has 1 atom stereocenters. The molecule has 2 aromatic rings. The third-order valence-corrected chi connectivity index (χ3v) is 5.82. The van der Waals surface area contributed by atoms with Crippen LogP contribution in [0.15, 0.2) is 35.5 Å². The zero-order valence-electron chi connectivity index (χ0n) is 12.6. The topological polar surface area (TPSA) is 77.3 Å². The molecule has 7 nitrogen and oxygen atoms in total. The van der Waals surface area contributed by atoms with E-state index in [1.807, 2.05) is 0 Å². The molecule has 0 saturated carbocycles. The number of rotatable bonds is 5. The number of ether oxygens (including phenoxy) is 1. The number of nitrogens with zero attached hydrogens (tertiary/aromatic N) is 4. The summed E-state index contributed by atoms with van der Waals surface area (Å²) in [5.74, 6) is 0.170. The van der Waals surface area contributed by atoms with Crippen LogP contribution in [0.3, 0.4) is 0 Å². The highest BCUT2D eigenvalue weighted by Crippen LogP contribution is 2.26. The van der Waals surface area contributed by atoms with E-state index in [-0.39, 0.29) is 23.5 Å². The van der Waals surface area contributed by atoms with Gasteiger partial charge in [0.2, 0.25) is 0 Å². The minimum absolute atomic E-state index is 0.0613. The Kier molecular flexibility index (Phi) is 4.31. The lowest BCUT2D eigenvalue weighted by Gasteiger charge is -2.23. The summed E-state index contributed by atoms with van der Waals surface area (Å²) in [5, 5.41) is 7.36. The van der Waals surface area contributed by atoms with Crippen LogP contribution in [0, 0.1) is 5.82 Å². The van der Waals surface area contributed by atoms with Crippen molar-refractivity contribution in [3.05, 3.63) is 36.3 Å². The van der Waals surface area contributed by atoms with Crippen molar-refractivity contribution in [1.29, 1.82) is 0 Å². The Bertz CT molecular complexity index is 776. The lowest BCUT2D eigenvalue weighted by molar-refractivity contribution is 0.232. The maximum atomic E-state index is 12.9. The van der Waals surface area contributed by atoms with E-state index in [1.165, 1.54) is 39.4 Å². The summed E-state index contributed by atoms with van der Waals surface area (Å²) in [7, 11) is -2.11. The number of hydrogen-bond donors (Lipinski definition) is 0. The molecule has 9 heteroatoms. The smallest absolute Gasteiger partial charge is 0.262 e. The molecule has 0 N–H and O–H groups in total. The first-order chi connectivity index (χ1) is 11.0. The SMILES string of the molecule is Cn1nncc1S(=O)(=O)N1CCCC1COc1ccc(F)cc1. The van der Waals surface area contributed by atoms with Crippen LogP contribution in [-0.2, 0) is 17.1 Å². The third-order valence-electron chi connectivity index (χ3n) is 3.83. The normalized spacial score (nSPS) is 19.1. The number of hydrogen-bond acceptors (Lipinski definition) is 5. The van der Waals surface area contributed by atoms with Gasteiger partial charge in [-0.3, -0.25) is 0 Å². The minimum Gasteiger partial charge on any atom is -0.492 e. The van der Waals surface area contributed by atoms with Crippen molar-refractivity contribution in [3.63, 3.8) is 0 Å². The van der Waals surface area contributed by atoms with E-state index in [1.54, 1.807) is 7.05 Å². The Hall–Kier alpha value is -2.00. The van der Waals surface area contributed by atoms with Crippen LogP contribution in [0.2, 0.25) is 0 Å². The van der Waals surface area contributed by atoms with Gasteiger partial charge >= 0.3 is 0 Å². The van der Waals surface area contributed by atoms with E-state index in [9.17, 15) is 12.8 Å². The Morgan fingerprint density at radius 2 is 2.09 bits per heavy atom. The lowest BCUT2D eigenvalue weighted by atomic mass is 10.2. The fourth-order valence-corrected chi connectivity index (χ4v) is 4.37. The molecule has 124 valence electrons. The first-order valence-electron chi connectivity index (χ1n) is 7.23. The van der Waals surface area contributed by atoms with Gasteiger partial charge in [-0.25, -0.2) is 17.5 Å². The molecule has 0 spiro atoms. The molecule has 2 heterocycles. The van der Waals surface area contributed by atoms with E-state index in [2.05, 4.69) is 10.3 Å². The largest absolute Gasteiger partial charge is 0.492 e. The molecule has 23 heavy (non-hydrogen) atoms. The summed E-state index contributed by atoms with van der Waals surface area (Å²) in [6, 6.07) is 5.39. The average molecular weight is 340 g/mol. The van der Waals surface area contributed by atoms with Crippen LogP contribution in [-0.4, -0.2) is 46.9 Å². The third kappa shape index (κ3) is 3.20. The van der Waals surface area contributed by atoms with Crippen molar-refractivity contribution in [2.45, 2.75) is 23.9 Å². The van der Waals surface area contributed by atoms with Crippen molar-refractivity contribution in [2.75, 3.05) is 13.2 Å². The highest BCUT2D eigenvalue weighted by Gasteiger charge is 2.37. The van der Waals surface area contributed by atoms with Gasteiger partial charge in [0.05, 0.1) is 12.2 Å². The molecular formula is C14H17FN4O3S.